The number of benzene rings is 1. The Hall–Kier alpha value is -1.32. The van der Waals surface area contributed by atoms with Gasteiger partial charge in [0.25, 0.3) is 0 Å². The molecule has 0 spiro atoms. The summed E-state index contributed by atoms with van der Waals surface area (Å²) in [6.45, 7) is 1.92. The van der Waals surface area contributed by atoms with Crippen LogP contribution in [0.5, 0.6) is 0 Å². The third kappa shape index (κ3) is 2.87. The molecule has 0 aliphatic rings. The lowest BCUT2D eigenvalue weighted by Crippen LogP contribution is -1.99. The predicted molar refractivity (Wildman–Crippen MR) is 71.0 cm³/mol. The number of hydrogen-bond donors (Lipinski definition) is 1. The first-order valence-corrected chi connectivity index (χ1v) is 5.95. The van der Waals surface area contributed by atoms with Gasteiger partial charge in [0.15, 0.2) is 5.82 Å². The maximum atomic E-state index is 6.11. The van der Waals surface area contributed by atoms with Crippen molar-refractivity contribution in [2.75, 3.05) is 5.32 Å². The molecule has 0 saturated heterocycles. The van der Waals surface area contributed by atoms with Gasteiger partial charge in [0.2, 0.25) is 0 Å². The first kappa shape index (κ1) is 12.1. The highest BCUT2D eigenvalue weighted by atomic mass is 35.5. The zero-order valence-electron chi connectivity index (χ0n) is 9.19. The summed E-state index contributed by atoms with van der Waals surface area (Å²) in [7, 11) is 0. The summed E-state index contributed by atoms with van der Waals surface area (Å²) in [5.41, 5.74) is 1.90. The summed E-state index contributed by atoms with van der Waals surface area (Å²) in [5, 5.41) is 3.55. The highest BCUT2D eigenvalue weighted by Gasteiger charge is 2.09. The fraction of sp³-hybridized carbons (Fsp3) is 0.167. The Bertz CT molecular complexity index is 515. The Morgan fingerprint density at radius 1 is 1.29 bits per heavy atom. The summed E-state index contributed by atoms with van der Waals surface area (Å²) in [6, 6.07) is 7.78. The van der Waals surface area contributed by atoms with Crippen molar-refractivity contribution in [2.24, 2.45) is 0 Å². The number of nitrogens with zero attached hydrogens (tertiary/aromatic N) is 2. The van der Waals surface area contributed by atoms with Crippen LogP contribution >= 0.6 is 23.2 Å². The maximum Gasteiger partial charge on any atom is 0.152 e. The smallest absolute Gasteiger partial charge is 0.152 e. The average Bonchev–Trinajstić information content (AvgIpc) is 2.32. The van der Waals surface area contributed by atoms with E-state index >= 15 is 0 Å². The molecule has 2 rings (SSSR count). The molecule has 0 bridgehead atoms. The van der Waals surface area contributed by atoms with Crippen LogP contribution in [0.2, 0.25) is 5.02 Å². The largest absolute Gasteiger partial charge is 0.339 e. The van der Waals surface area contributed by atoms with Crippen LogP contribution in [0.3, 0.4) is 0 Å². The molecule has 17 heavy (non-hydrogen) atoms. The van der Waals surface area contributed by atoms with E-state index in [0.717, 1.165) is 11.3 Å². The number of aromatic nitrogens is 2. The van der Waals surface area contributed by atoms with Gasteiger partial charge in [-0.15, -0.1) is 11.6 Å². The average molecular weight is 268 g/mol. The van der Waals surface area contributed by atoms with Gasteiger partial charge < -0.3 is 5.32 Å². The van der Waals surface area contributed by atoms with Crippen LogP contribution in [-0.4, -0.2) is 9.97 Å². The van der Waals surface area contributed by atoms with E-state index in [-0.39, 0.29) is 5.38 Å². The Morgan fingerprint density at radius 2 is 2.06 bits per heavy atom. The molecule has 1 N–H and O–H groups in total. The lowest BCUT2D eigenvalue weighted by Gasteiger charge is -2.13. The van der Waals surface area contributed by atoms with Gasteiger partial charge in [-0.25, -0.2) is 9.97 Å². The van der Waals surface area contributed by atoms with Crippen molar-refractivity contribution in [1.29, 1.82) is 0 Å². The van der Waals surface area contributed by atoms with E-state index in [9.17, 15) is 0 Å². The molecule has 0 radical (unpaired) electrons. The standard InChI is InChI=1S/C12H11Cl2N3/c1-8(13)9-4-2-3-5-11(9)17-12-10(14)6-15-7-16-12/h2-8H,1H3,(H,15,16,17). The van der Waals surface area contributed by atoms with E-state index in [4.69, 9.17) is 23.2 Å². The molecule has 3 nitrogen and oxygen atoms in total. The molecule has 5 heteroatoms. The van der Waals surface area contributed by atoms with Gasteiger partial charge in [0, 0.05) is 5.69 Å². The van der Waals surface area contributed by atoms with Crippen LogP contribution < -0.4 is 5.32 Å². The Kier molecular flexibility index (Phi) is 3.82. The van der Waals surface area contributed by atoms with Crippen molar-refractivity contribution < 1.29 is 0 Å². The minimum absolute atomic E-state index is 0.0840. The van der Waals surface area contributed by atoms with Crippen LogP contribution in [0.1, 0.15) is 17.9 Å². The molecule has 0 aliphatic heterocycles. The third-order valence-corrected chi connectivity index (χ3v) is 2.82. The number of nitrogens with one attached hydrogen (secondary N) is 1. The van der Waals surface area contributed by atoms with Gasteiger partial charge in [0.1, 0.15) is 11.3 Å². The number of para-hydroxylation sites is 1. The van der Waals surface area contributed by atoms with Gasteiger partial charge in [0.05, 0.1) is 11.6 Å². The lowest BCUT2D eigenvalue weighted by molar-refractivity contribution is 1.08. The van der Waals surface area contributed by atoms with Crippen LogP contribution in [0.4, 0.5) is 11.5 Å². The first-order valence-electron chi connectivity index (χ1n) is 5.14. The van der Waals surface area contributed by atoms with Gasteiger partial charge in [-0.2, -0.15) is 0 Å². The van der Waals surface area contributed by atoms with Crippen molar-refractivity contribution in [3.63, 3.8) is 0 Å². The number of rotatable bonds is 3. The highest BCUT2D eigenvalue weighted by Crippen LogP contribution is 2.30. The minimum Gasteiger partial charge on any atom is -0.339 e. The first-order chi connectivity index (χ1) is 8.18. The van der Waals surface area contributed by atoms with E-state index in [1.807, 2.05) is 31.2 Å². The quantitative estimate of drug-likeness (QED) is 0.849. The monoisotopic (exact) mass is 267 g/mol. The number of alkyl halides is 1. The molecular formula is C12H11Cl2N3. The summed E-state index contributed by atoms with van der Waals surface area (Å²) < 4.78 is 0. The molecular weight excluding hydrogens is 257 g/mol. The van der Waals surface area contributed by atoms with Crippen molar-refractivity contribution in [2.45, 2.75) is 12.3 Å². The van der Waals surface area contributed by atoms with Crippen LogP contribution in [-0.2, 0) is 0 Å². The highest BCUT2D eigenvalue weighted by molar-refractivity contribution is 6.32. The summed E-state index contributed by atoms with van der Waals surface area (Å²) in [5.74, 6) is 0.575. The normalized spacial score (nSPS) is 12.2. The fourth-order valence-corrected chi connectivity index (χ4v) is 1.83. The molecule has 0 amide bonds. The molecule has 1 heterocycles. The second-order valence-electron chi connectivity index (χ2n) is 3.55. The maximum absolute atomic E-state index is 6.11. The zero-order valence-corrected chi connectivity index (χ0v) is 10.7. The molecule has 88 valence electrons. The van der Waals surface area contributed by atoms with E-state index in [0.29, 0.717) is 10.8 Å². The van der Waals surface area contributed by atoms with Gasteiger partial charge in [-0.05, 0) is 18.6 Å². The molecule has 1 unspecified atom stereocenters. The molecule has 0 saturated carbocycles. The third-order valence-electron chi connectivity index (χ3n) is 2.31. The molecule has 1 aromatic heterocycles. The summed E-state index contributed by atoms with van der Waals surface area (Å²) in [6.07, 6.45) is 2.99. The van der Waals surface area contributed by atoms with Crippen LogP contribution in [0.15, 0.2) is 36.8 Å². The second-order valence-corrected chi connectivity index (χ2v) is 4.61. The fourth-order valence-electron chi connectivity index (χ4n) is 1.49. The molecule has 2 aromatic rings. The number of anilines is 2. The van der Waals surface area contributed by atoms with E-state index < -0.39 is 0 Å². The Balaban J connectivity index is 2.34. The summed E-state index contributed by atoms with van der Waals surface area (Å²) in [4.78, 5) is 7.91. The van der Waals surface area contributed by atoms with Gasteiger partial charge in [-0.1, -0.05) is 29.8 Å². The Labute approximate surface area is 110 Å². The number of halogens is 2. The molecule has 0 fully saturated rings. The van der Waals surface area contributed by atoms with Crippen LogP contribution in [0, 0.1) is 0 Å². The van der Waals surface area contributed by atoms with Gasteiger partial charge >= 0.3 is 0 Å². The lowest BCUT2D eigenvalue weighted by atomic mass is 10.1. The van der Waals surface area contributed by atoms with E-state index in [2.05, 4.69) is 15.3 Å². The van der Waals surface area contributed by atoms with E-state index in [1.165, 1.54) is 6.33 Å². The summed E-state index contributed by atoms with van der Waals surface area (Å²) >= 11 is 12.1. The molecule has 1 atom stereocenters. The van der Waals surface area contributed by atoms with Crippen molar-refractivity contribution in [3.8, 4) is 0 Å². The Morgan fingerprint density at radius 3 is 2.76 bits per heavy atom. The molecule has 0 aliphatic carbocycles. The minimum atomic E-state index is -0.0840. The predicted octanol–water partition coefficient (Wildman–Crippen LogP) is 4.17. The van der Waals surface area contributed by atoms with Crippen LogP contribution in [0.25, 0.3) is 0 Å². The van der Waals surface area contributed by atoms with Crippen molar-refractivity contribution in [3.05, 3.63) is 47.4 Å². The van der Waals surface area contributed by atoms with E-state index in [1.54, 1.807) is 6.20 Å². The number of hydrogen-bond acceptors (Lipinski definition) is 3. The SMILES string of the molecule is CC(Cl)c1ccccc1Nc1ncncc1Cl. The molecule has 1 aromatic carbocycles. The van der Waals surface area contributed by atoms with Gasteiger partial charge in [-0.3, -0.25) is 0 Å². The topological polar surface area (TPSA) is 37.8 Å². The second kappa shape index (κ2) is 5.34. The van der Waals surface area contributed by atoms with Crippen molar-refractivity contribution >= 4 is 34.7 Å². The van der Waals surface area contributed by atoms with Crippen molar-refractivity contribution in [1.82, 2.24) is 9.97 Å². The zero-order chi connectivity index (χ0) is 12.3.